The van der Waals surface area contributed by atoms with Crippen LogP contribution < -0.4 is 14.5 Å². The van der Waals surface area contributed by atoms with E-state index < -0.39 is 23.6 Å². The van der Waals surface area contributed by atoms with Crippen molar-refractivity contribution in [3.63, 3.8) is 0 Å². The van der Waals surface area contributed by atoms with Crippen molar-refractivity contribution in [1.29, 1.82) is 0 Å². The van der Waals surface area contributed by atoms with E-state index in [0.29, 0.717) is 11.3 Å². The molecule has 0 spiro atoms. The third kappa shape index (κ3) is 4.56. The normalized spacial score (nSPS) is 15.0. The molecule has 174 valence electrons. The summed E-state index contributed by atoms with van der Waals surface area (Å²) in [4.78, 5) is 25.1. The van der Waals surface area contributed by atoms with Crippen molar-refractivity contribution in [2.45, 2.75) is 13.1 Å². The van der Waals surface area contributed by atoms with E-state index in [0.717, 1.165) is 17.1 Å². The van der Waals surface area contributed by atoms with Gasteiger partial charge in [0.05, 0.1) is 35.9 Å². The van der Waals surface area contributed by atoms with Crippen molar-refractivity contribution in [2.75, 3.05) is 12.1 Å². The Hall–Kier alpha value is -4.34. The van der Waals surface area contributed by atoms with Crippen molar-refractivity contribution < 1.29 is 36.7 Å². The number of benzene rings is 2. The van der Waals surface area contributed by atoms with E-state index in [-0.39, 0.29) is 28.5 Å². The Bertz CT molecular complexity index is 1310. The molecule has 1 aromatic heterocycles. The van der Waals surface area contributed by atoms with Crippen LogP contribution >= 0.6 is 0 Å². The molecule has 0 aliphatic carbocycles. The summed E-state index contributed by atoms with van der Waals surface area (Å²) < 4.78 is 54.8. The number of hydrazone groups is 1. The molecule has 1 aliphatic heterocycles. The lowest BCUT2D eigenvalue weighted by molar-refractivity contribution is -0.137. The molecule has 7 nitrogen and oxygen atoms in total. The minimum atomic E-state index is -4.55. The molecule has 0 saturated carbocycles. The minimum Gasteiger partial charge on any atom is -0.493 e. The van der Waals surface area contributed by atoms with E-state index in [1.54, 1.807) is 25.1 Å². The predicted octanol–water partition coefficient (Wildman–Crippen LogP) is 5.33. The lowest BCUT2D eigenvalue weighted by Crippen LogP contribution is -2.21. The highest BCUT2D eigenvalue weighted by molar-refractivity contribution is 6.32. The number of hydrogen-bond donors (Lipinski definition) is 0. The maximum atomic E-state index is 13.1. The molecule has 0 unspecified atom stereocenters. The molecule has 2 heterocycles. The van der Waals surface area contributed by atoms with Crippen LogP contribution in [0.5, 0.6) is 11.5 Å². The largest absolute Gasteiger partial charge is 0.493 e. The van der Waals surface area contributed by atoms with Gasteiger partial charge in [0, 0.05) is 0 Å². The Morgan fingerprint density at radius 2 is 1.88 bits per heavy atom. The number of alkyl halides is 3. The first-order chi connectivity index (χ1) is 16.2. The molecule has 4 rings (SSSR count). The number of carbonyl (C=O) groups excluding carboxylic acids is 2. The second-order valence-corrected chi connectivity index (χ2v) is 7.19. The summed E-state index contributed by atoms with van der Waals surface area (Å²) in [5.74, 6) is -0.903. The van der Waals surface area contributed by atoms with Crippen molar-refractivity contribution in [3.8, 4) is 11.5 Å². The van der Waals surface area contributed by atoms with Gasteiger partial charge in [-0.15, -0.1) is 0 Å². The fourth-order valence-electron chi connectivity index (χ4n) is 3.24. The average Bonchev–Trinajstić information content (AvgIpc) is 3.44. The number of esters is 1. The third-order valence-electron chi connectivity index (χ3n) is 4.90. The van der Waals surface area contributed by atoms with Crippen LogP contribution in [0.25, 0.3) is 6.08 Å². The van der Waals surface area contributed by atoms with Gasteiger partial charge < -0.3 is 13.9 Å². The third-order valence-corrected chi connectivity index (χ3v) is 4.90. The molecular weight excluding hydrogens is 453 g/mol. The SMILES string of the molecule is COc1cc(/C=C2/C(=O)N(c3cccc(C(F)(F)F)c3)N=C2C)ccc1OC(=O)c1ccco1. The number of nitrogens with zero attached hydrogens (tertiary/aromatic N) is 2. The minimum absolute atomic E-state index is 0.000317. The highest BCUT2D eigenvalue weighted by Crippen LogP contribution is 2.34. The van der Waals surface area contributed by atoms with Gasteiger partial charge in [-0.1, -0.05) is 12.1 Å². The van der Waals surface area contributed by atoms with Gasteiger partial charge in [-0.3, -0.25) is 4.79 Å². The van der Waals surface area contributed by atoms with Crippen molar-refractivity contribution >= 4 is 29.4 Å². The zero-order chi connectivity index (χ0) is 24.5. The van der Waals surface area contributed by atoms with Crippen LogP contribution in [-0.2, 0) is 11.0 Å². The lowest BCUT2D eigenvalue weighted by Gasteiger charge is -2.14. The van der Waals surface area contributed by atoms with Crippen molar-refractivity contribution in [1.82, 2.24) is 0 Å². The predicted molar refractivity (Wildman–Crippen MR) is 117 cm³/mol. The molecule has 0 N–H and O–H groups in total. The van der Waals surface area contributed by atoms with E-state index in [1.165, 1.54) is 43.7 Å². The molecule has 0 bridgehead atoms. The molecule has 2 aromatic carbocycles. The quantitative estimate of drug-likeness (QED) is 0.286. The summed E-state index contributed by atoms with van der Waals surface area (Å²) in [7, 11) is 1.39. The number of hydrogen-bond acceptors (Lipinski definition) is 6. The first kappa shape index (κ1) is 22.8. The Labute approximate surface area is 191 Å². The second kappa shape index (κ2) is 8.89. The van der Waals surface area contributed by atoms with E-state index in [9.17, 15) is 22.8 Å². The summed E-state index contributed by atoms with van der Waals surface area (Å²) in [6.45, 7) is 1.58. The summed E-state index contributed by atoms with van der Waals surface area (Å²) in [6.07, 6.45) is -1.68. The lowest BCUT2D eigenvalue weighted by atomic mass is 10.1. The van der Waals surface area contributed by atoms with Crippen LogP contribution in [0.15, 0.2) is 76.0 Å². The van der Waals surface area contributed by atoms with Crippen LogP contribution in [0.2, 0.25) is 0 Å². The molecule has 3 aromatic rings. The molecule has 1 aliphatic rings. The number of carbonyl (C=O) groups is 2. The molecule has 0 atom stereocenters. The molecule has 10 heteroatoms. The van der Waals surface area contributed by atoms with Crippen molar-refractivity contribution in [3.05, 3.63) is 83.3 Å². The number of amides is 1. The highest BCUT2D eigenvalue weighted by Gasteiger charge is 2.33. The zero-order valence-electron chi connectivity index (χ0n) is 17.9. The fraction of sp³-hybridized carbons (Fsp3) is 0.125. The Morgan fingerprint density at radius 1 is 1.09 bits per heavy atom. The number of rotatable bonds is 5. The number of halogens is 3. The monoisotopic (exact) mass is 470 g/mol. The van der Waals surface area contributed by atoms with E-state index in [1.807, 2.05) is 0 Å². The molecule has 0 saturated heterocycles. The topological polar surface area (TPSA) is 81.3 Å². The van der Waals surface area contributed by atoms with Crippen LogP contribution in [-0.4, -0.2) is 24.7 Å². The number of anilines is 1. The number of ether oxygens (including phenoxy) is 2. The molecule has 0 radical (unpaired) electrons. The molecule has 34 heavy (non-hydrogen) atoms. The van der Waals surface area contributed by atoms with Gasteiger partial charge in [-0.2, -0.15) is 23.3 Å². The van der Waals surface area contributed by atoms with Gasteiger partial charge in [-0.25, -0.2) is 4.79 Å². The Kier molecular flexibility index (Phi) is 5.97. The maximum Gasteiger partial charge on any atom is 0.416 e. The summed E-state index contributed by atoms with van der Waals surface area (Å²) >= 11 is 0. The van der Waals surface area contributed by atoms with Gasteiger partial charge >= 0.3 is 12.1 Å². The van der Waals surface area contributed by atoms with Crippen molar-refractivity contribution in [2.24, 2.45) is 5.10 Å². The first-order valence-electron chi connectivity index (χ1n) is 9.90. The standard InChI is InChI=1S/C24H17F3N2O5/c1-14-18(22(30)29(28-14)17-6-3-5-16(13-17)24(25,26)27)11-15-8-9-19(21(12-15)32-2)34-23(31)20-7-4-10-33-20/h3-13H,1-2H3/b18-11+. The smallest absolute Gasteiger partial charge is 0.416 e. The van der Waals surface area contributed by atoms with Gasteiger partial charge in [0.1, 0.15) is 0 Å². The number of methoxy groups -OCH3 is 1. The summed E-state index contributed by atoms with van der Waals surface area (Å²) in [6, 6.07) is 12.0. The molecule has 1 amide bonds. The Balaban J connectivity index is 1.59. The maximum absolute atomic E-state index is 13.1. The molecule has 0 fully saturated rings. The highest BCUT2D eigenvalue weighted by atomic mass is 19.4. The van der Waals surface area contributed by atoms with E-state index >= 15 is 0 Å². The second-order valence-electron chi connectivity index (χ2n) is 7.19. The Morgan fingerprint density at radius 3 is 2.56 bits per heavy atom. The van der Waals surface area contributed by atoms with E-state index in [4.69, 9.17) is 13.9 Å². The average molecular weight is 470 g/mol. The summed E-state index contributed by atoms with van der Waals surface area (Å²) in [5.41, 5.74) is 0.167. The fourth-order valence-corrected chi connectivity index (χ4v) is 3.24. The number of furan rings is 1. The first-order valence-corrected chi connectivity index (χ1v) is 9.90. The van der Waals surface area contributed by atoms with Crippen LogP contribution in [0.4, 0.5) is 18.9 Å². The summed E-state index contributed by atoms with van der Waals surface area (Å²) in [5, 5.41) is 5.05. The van der Waals surface area contributed by atoms with E-state index in [2.05, 4.69) is 5.10 Å². The van der Waals surface area contributed by atoms with Gasteiger partial charge in [-0.05, 0) is 61.0 Å². The zero-order valence-corrected chi connectivity index (χ0v) is 17.9. The van der Waals surface area contributed by atoms with Crippen LogP contribution in [0.1, 0.15) is 28.6 Å². The van der Waals surface area contributed by atoms with Gasteiger partial charge in [0.15, 0.2) is 11.5 Å². The van der Waals surface area contributed by atoms with Crippen LogP contribution in [0, 0.1) is 0 Å². The molecular formula is C24H17F3N2O5. The van der Waals surface area contributed by atoms with Crippen LogP contribution in [0.3, 0.4) is 0 Å². The van der Waals surface area contributed by atoms with Gasteiger partial charge in [0.25, 0.3) is 5.91 Å². The van der Waals surface area contributed by atoms with Gasteiger partial charge in [0.2, 0.25) is 5.76 Å².